The van der Waals surface area contributed by atoms with E-state index in [0.717, 1.165) is 27.8 Å². The van der Waals surface area contributed by atoms with Crippen LogP contribution in [0.1, 0.15) is 23.5 Å². The molecule has 1 aliphatic rings. The lowest BCUT2D eigenvalue weighted by Gasteiger charge is -2.18. The number of halogens is 1. The SMILES string of the molecule is CN(Cc1ccc(N(C)C)cc1)C(=O)[C@@H]1C[C@H]1c1ccc(Br)nc1. The van der Waals surface area contributed by atoms with Crippen LogP contribution < -0.4 is 4.90 Å². The van der Waals surface area contributed by atoms with Crippen molar-refractivity contribution in [2.45, 2.75) is 18.9 Å². The number of pyridine rings is 1. The van der Waals surface area contributed by atoms with E-state index in [4.69, 9.17) is 0 Å². The molecule has 3 rings (SSSR count). The van der Waals surface area contributed by atoms with Gasteiger partial charge in [0.05, 0.1) is 0 Å². The third-order valence-electron chi connectivity index (χ3n) is 4.53. The number of aromatic nitrogens is 1. The minimum atomic E-state index is 0.0963. The molecule has 2 aromatic rings. The maximum Gasteiger partial charge on any atom is 0.226 e. The molecule has 0 radical (unpaired) electrons. The van der Waals surface area contributed by atoms with Crippen molar-refractivity contribution in [2.75, 3.05) is 26.0 Å². The van der Waals surface area contributed by atoms with Gasteiger partial charge in [0.25, 0.3) is 0 Å². The van der Waals surface area contributed by atoms with Crippen molar-refractivity contribution in [3.8, 4) is 0 Å². The summed E-state index contributed by atoms with van der Waals surface area (Å²) in [6.45, 7) is 0.647. The van der Waals surface area contributed by atoms with E-state index in [-0.39, 0.29) is 11.8 Å². The van der Waals surface area contributed by atoms with Crippen molar-refractivity contribution in [1.29, 1.82) is 0 Å². The van der Waals surface area contributed by atoms with E-state index in [2.05, 4.69) is 56.1 Å². The van der Waals surface area contributed by atoms with Crippen LogP contribution in [-0.2, 0) is 11.3 Å². The van der Waals surface area contributed by atoms with Crippen molar-refractivity contribution < 1.29 is 4.79 Å². The third kappa shape index (κ3) is 3.78. The Hall–Kier alpha value is -1.88. The van der Waals surface area contributed by atoms with Crippen LogP contribution in [0, 0.1) is 5.92 Å². The highest BCUT2D eigenvalue weighted by Crippen LogP contribution is 2.48. The van der Waals surface area contributed by atoms with E-state index in [1.54, 1.807) is 0 Å². The van der Waals surface area contributed by atoms with Gasteiger partial charge < -0.3 is 9.80 Å². The Morgan fingerprint density at radius 3 is 2.46 bits per heavy atom. The van der Waals surface area contributed by atoms with Gasteiger partial charge in [-0.1, -0.05) is 18.2 Å². The molecule has 0 saturated heterocycles. The van der Waals surface area contributed by atoms with Crippen LogP contribution in [0.15, 0.2) is 47.2 Å². The zero-order valence-electron chi connectivity index (χ0n) is 14.2. The molecular formula is C19H22BrN3O. The average Bonchev–Trinajstić information content (AvgIpc) is 3.36. The number of hydrogen-bond acceptors (Lipinski definition) is 3. The quantitative estimate of drug-likeness (QED) is 0.734. The minimum absolute atomic E-state index is 0.0963. The van der Waals surface area contributed by atoms with Crippen LogP contribution >= 0.6 is 15.9 Å². The molecule has 1 aliphatic carbocycles. The summed E-state index contributed by atoms with van der Waals surface area (Å²) < 4.78 is 0.827. The van der Waals surface area contributed by atoms with Crippen LogP contribution in [-0.4, -0.2) is 36.9 Å². The van der Waals surface area contributed by atoms with E-state index < -0.39 is 0 Å². The maximum atomic E-state index is 12.6. The molecule has 4 nitrogen and oxygen atoms in total. The fourth-order valence-electron chi connectivity index (χ4n) is 2.98. The summed E-state index contributed by atoms with van der Waals surface area (Å²) in [6.07, 6.45) is 2.79. The van der Waals surface area contributed by atoms with Crippen LogP contribution in [0.3, 0.4) is 0 Å². The molecule has 1 saturated carbocycles. The molecule has 0 N–H and O–H groups in total. The lowest BCUT2D eigenvalue weighted by atomic mass is 10.1. The predicted octanol–water partition coefficient (Wildman–Crippen LogP) is 3.67. The zero-order valence-corrected chi connectivity index (χ0v) is 15.8. The number of nitrogens with zero attached hydrogens (tertiary/aromatic N) is 3. The minimum Gasteiger partial charge on any atom is -0.378 e. The molecule has 0 spiro atoms. The first-order chi connectivity index (χ1) is 11.5. The topological polar surface area (TPSA) is 36.4 Å². The first-order valence-corrected chi connectivity index (χ1v) is 8.87. The first kappa shape index (κ1) is 17.0. The van der Waals surface area contributed by atoms with Crippen LogP contribution in [0.5, 0.6) is 0 Å². The summed E-state index contributed by atoms with van der Waals surface area (Å²) in [5.74, 6) is 0.635. The average molecular weight is 388 g/mol. The Morgan fingerprint density at radius 1 is 1.17 bits per heavy atom. The summed E-state index contributed by atoms with van der Waals surface area (Å²) in [5.41, 5.74) is 3.47. The van der Waals surface area contributed by atoms with Crippen LogP contribution in [0.25, 0.3) is 0 Å². The first-order valence-electron chi connectivity index (χ1n) is 8.08. The zero-order chi connectivity index (χ0) is 17.3. The molecular weight excluding hydrogens is 366 g/mol. The van der Waals surface area contributed by atoms with Gasteiger partial charge in [-0.05, 0) is 57.6 Å². The molecule has 1 amide bonds. The Balaban J connectivity index is 1.58. The molecule has 0 unspecified atom stereocenters. The van der Waals surface area contributed by atoms with E-state index in [1.165, 1.54) is 0 Å². The standard InChI is InChI=1S/C19H22BrN3O/c1-22(2)15-7-4-13(5-8-15)12-23(3)19(24)17-10-16(17)14-6-9-18(20)21-11-14/h4-9,11,16-17H,10,12H2,1-3H3/t16-,17+/m0/s1. The highest BCUT2D eigenvalue weighted by atomic mass is 79.9. The van der Waals surface area contributed by atoms with Gasteiger partial charge in [0, 0.05) is 45.5 Å². The van der Waals surface area contributed by atoms with Crippen molar-refractivity contribution in [2.24, 2.45) is 5.92 Å². The number of carbonyl (C=O) groups excluding carboxylic acids is 1. The van der Waals surface area contributed by atoms with E-state index >= 15 is 0 Å². The van der Waals surface area contributed by atoms with Gasteiger partial charge in [0.15, 0.2) is 0 Å². The molecule has 24 heavy (non-hydrogen) atoms. The van der Waals surface area contributed by atoms with Gasteiger partial charge in [-0.15, -0.1) is 0 Å². The fourth-order valence-corrected chi connectivity index (χ4v) is 3.21. The summed E-state index contributed by atoms with van der Waals surface area (Å²) in [4.78, 5) is 20.8. The number of carbonyl (C=O) groups is 1. The lowest BCUT2D eigenvalue weighted by molar-refractivity contribution is -0.131. The molecule has 2 atom stereocenters. The molecule has 126 valence electrons. The summed E-state index contributed by atoms with van der Waals surface area (Å²) in [6, 6.07) is 12.3. The molecule has 1 aromatic heterocycles. The smallest absolute Gasteiger partial charge is 0.226 e. The second kappa shape index (κ2) is 6.93. The number of hydrogen-bond donors (Lipinski definition) is 0. The normalized spacial score (nSPS) is 19.0. The van der Waals surface area contributed by atoms with Gasteiger partial charge in [-0.3, -0.25) is 4.79 Å². The van der Waals surface area contributed by atoms with Gasteiger partial charge in [0.2, 0.25) is 5.91 Å². The largest absolute Gasteiger partial charge is 0.378 e. The highest BCUT2D eigenvalue weighted by molar-refractivity contribution is 9.10. The van der Waals surface area contributed by atoms with Gasteiger partial charge >= 0.3 is 0 Å². The Bertz CT molecular complexity index is 712. The third-order valence-corrected chi connectivity index (χ3v) is 5.00. The Kier molecular flexibility index (Phi) is 4.90. The fraction of sp³-hybridized carbons (Fsp3) is 0.368. The van der Waals surface area contributed by atoms with Crippen molar-refractivity contribution in [3.05, 3.63) is 58.3 Å². The summed E-state index contributed by atoms with van der Waals surface area (Å²) in [7, 11) is 5.93. The van der Waals surface area contributed by atoms with Crippen LogP contribution in [0.2, 0.25) is 0 Å². The number of anilines is 1. The number of rotatable bonds is 5. The molecule has 1 fully saturated rings. The van der Waals surface area contributed by atoms with Gasteiger partial charge in [-0.2, -0.15) is 0 Å². The Morgan fingerprint density at radius 2 is 1.88 bits per heavy atom. The molecule has 1 heterocycles. The molecule has 0 aliphatic heterocycles. The molecule has 1 aromatic carbocycles. The second-order valence-electron chi connectivity index (χ2n) is 6.62. The number of benzene rings is 1. The predicted molar refractivity (Wildman–Crippen MR) is 100 cm³/mol. The van der Waals surface area contributed by atoms with Crippen molar-refractivity contribution in [3.63, 3.8) is 0 Å². The monoisotopic (exact) mass is 387 g/mol. The van der Waals surface area contributed by atoms with E-state index in [9.17, 15) is 4.79 Å². The summed E-state index contributed by atoms with van der Waals surface area (Å²) >= 11 is 3.34. The van der Waals surface area contributed by atoms with Gasteiger partial charge in [0.1, 0.15) is 4.60 Å². The number of amides is 1. The van der Waals surface area contributed by atoms with Crippen molar-refractivity contribution >= 4 is 27.5 Å². The molecule has 5 heteroatoms. The van der Waals surface area contributed by atoms with Crippen LogP contribution in [0.4, 0.5) is 5.69 Å². The highest BCUT2D eigenvalue weighted by Gasteiger charge is 2.45. The van der Waals surface area contributed by atoms with Crippen molar-refractivity contribution in [1.82, 2.24) is 9.88 Å². The lowest BCUT2D eigenvalue weighted by Crippen LogP contribution is -2.28. The molecule has 0 bridgehead atoms. The Labute approximate surface area is 151 Å². The van der Waals surface area contributed by atoms with E-state index in [0.29, 0.717) is 12.5 Å². The maximum absolute atomic E-state index is 12.6. The summed E-state index contributed by atoms with van der Waals surface area (Å²) in [5, 5.41) is 0. The second-order valence-corrected chi connectivity index (χ2v) is 7.43. The van der Waals surface area contributed by atoms with Gasteiger partial charge in [-0.25, -0.2) is 4.98 Å². The van der Waals surface area contributed by atoms with E-state index in [1.807, 2.05) is 38.3 Å².